The molecule has 160 valence electrons. The highest BCUT2D eigenvalue weighted by atomic mass is 19.1. The average molecular weight is 410 g/mol. The molecular formula is C20H28F2N4O3. The Morgan fingerprint density at radius 3 is 2.34 bits per heavy atom. The third-order valence-corrected chi connectivity index (χ3v) is 5.44. The van der Waals surface area contributed by atoms with Crippen LogP contribution in [0.3, 0.4) is 0 Å². The molecule has 0 saturated carbocycles. The summed E-state index contributed by atoms with van der Waals surface area (Å²) in [6.07, 6.45) is 0. The van der Waals surface area contributed by atoms with Gasteiger partial charge in [-0.05, 0) is 13.0 Å². The van der Waals surface area contributed by atoms with Gasteiger partial charge in [0.2, 0.25) is 11.8 Å². The van der Waals surface area contributed by atoms with E-state index >= 15 is 0 Å². The molecular weight excluding hydrogens is 382 g/mol. The Morgan fingerprint density at radius 2 is 1.69 bits per heavy atom. The van der Waals surface area contributed by atoms with Crippen molar-refractivity contribution >= 4 is 11.8 Å². The molecule has 0 bridgehead atoms. The second kappa shape index (κ2) is 10.1. The molecule has 3 rings (SSSR count). The van der Waals surface area contributed by atoms with Gasteiger partial charge in [0.05, 0.1) is 26.3 Å². The number of piperazine rings is 1. The molecule has 0 aromatic heterocycles. The van der Waals surface area contributed by atoms with Crippen molar-refractivity contribution in [3.63, 3.8) is 0 Å². The van der Waals surface area contributed by atoms with E-state index in [-0.39, 0.29) is 18.4 Å². The van der Waals surface area contributed by atoms with Crippen molar-refractivity contribution in [2.45, 2.75) is 13.0 Å². The maximum Gasteiger partial charge on any atom is 0.236 e. The van der Waals surface area contributed by atoms with Crippen LogP contribution in [0.25, 0.3) is 0 Å². The van der Waals surface area contributed by atoms with Crippen molar-refractivity contribution in [3.8, 4) is 0 Å². The molecule has 1 atom stereocenters. The van der Waals surface area contributed by atoms with Crippen molar-refractivity contribution in [2.24, 2.45) is 0 Å². The summed E-state index contributed by atoms with van der Waals surface area (Å²) in [5, 5.41) is 3.00. The fourth-order valence-electron chi connectivity index (χ4n) is 3.57. The number of carbonyl (C=O) groups excluding carboxylic acids is 2. The van der Waals surface area contributed by atoms with Crippen LogP contribution in [0.2, 0.25) is 0 Å². The lowest BCUT2D eigenvalue weighted by Gasteiger charge is -2.36. The Morgan fingerprint density at radius 1 is 1.03 bits per heavy atom. The molecule has 0 radical (unpaired) electrons. The van der Waals surface area contributed by atoms with Gasteiger partial charge in [0, 0.05) is 56.9 Å². The highest BCUT2D eigenvalue weighted by Gasteiger charge is 2.25. The summed E-state index contributed by atoms with van der Waals surface area (Å²) in [5.41, 5.74) is 0.325. The molecule has 0 spiro atoms. The zero-order valence-corrected chi connectivity index (χ0v) is 16.7. The smallest absolute Gasteiger partial charge is 0.236 e. The Kier molecular flexibility index (Phi) is 7.51. The molecule has 29 heavy (non-hydrogen) atoms. The first kappa shape index (κ1) is 21.6. The van der Waals surface area contributed by atoms with Gasteiger partial charge in [-0.3, -0.25) is 14.5 Å². The molecule has 1 aromatic carbocycles. The first-order chi connectivity index (χ1) is 13.9. The third-order valence-electron chi connectivity index (χ3n) is 5.44. The maximum absolute atomic E-state index is 13.8. The Bertz CT molecular complexity index is 720. The first-order valence-corrected chi connectivity index (χ1v) is 9.98. The van der Waals surface area contributed by atoms with E-state index in [9.17, 15) is 18.4 Å². The Balaban J connectivity index is 1.40. The van der Waals surface area contributed by atoms with Crippen LogP contribution in [0, 0.1) is 11.6 Å². The SMILES string of the molecule is CC(NCC(=O)N1CCN(CC(=O)N2CCOCC2)CC1)c1ccc(F)cc1F. The van der Waals surface area contributed by atoms with Crippen molar-refractivity contribution in [1.82, 2.24) is 20.0 Å². The topological polar surface area (TPSA) is 65.1 Å². The van der Waals surface area contributed by atoms with Gasteiger partial charge in [0.25, 0.3) is 0 Å². The molecule has 2 saturated heterocycles. The molecule has 2 aliphatic rings. The lowest BCUT2D eigenvalue weighted by atomic mass is 10.1. The number of ether oxygens (including phenoxy) is 1. The fraction of sp³-hybridized carbons (Fsp3) is 0.600. The number of benzene rings is 1. The van der Waals surface area contributed by atoms with Gasteiger partial charge in [-0.15, -0.1) is 0 Å². The highest BCUT2D eigenvalue weighted by Crippen LogP contribution is 2.17. The highest BCUT2D eigenvalue weighted by molar-refractivity contribution is 5.79. The molecule has 1 unspecified atom stereocenters. The van der Waals surface area contributed by atoms with Crippen LogP contribution in [0.1, 0.15) is 18.5 Å². The lowest BCUT2D eigenvalue weighted by Crippen LogP contribution is -2.53. The van der Waals surface area contributed by atoms with Gasteiger partial charge >= 0.3 is 0 Å². The van der Waals surface area contributed by atoms with Gasteiger partial charge in [0.1, 0.15) is 11.6 Å². The number of carbonyl (C=O) groups is 2. The lowest BCUT2D eigenvalue weighted by molar-refractivity contribution is -0.137. The predicted molar refractivity (Wildman–Crippen MR) is 103 cm³/mol. The van der Waals surface area contributed by atoms with Crippen LogP contribution in [0.15, 0.2) is 18.2 Å². The van der Waals surface area contributed by atoms with E-state index in [0.717, 1.165) is 6.07 Å². The molecule has 1 aromatic rings. The zero-order valence-electron chi connectivity index (χ0n) is 16.7. The summed E-state index contributed by atoms with van der Waals surface area (Å²) in [7, 11) is 0. The van der Waals surface area contributed by atoms with E-state index in [1.807, 2.05) is 4.90 Å². The minimum Gasteiger partial charge on any atom is -0.378 e. The van der Waals surface area contributed by atoms with Crippen LogP contribution in [-0.2, 0) is 14.3 Å². The molecule has 2 fully saturated rings. The molecule has 1 N–H and O–H groups in total. The van der Waals surface area contributed by atoms with Crippen molar-refractivity contribution in [3.05, 3.63) is 35.4 Å². The number of nitrogens with zero attached hydrogens (tertiary/aromatic N) is 3. The van der Waals surface area contributed by atoms with Gasteiger partial charge in [-0.2, -0.15) is 0 Å². The number of halogens is 2. The van der Waals surface area contributed by atoms with Crippen LogP contribution in [0.5, 0.6) is 0 Å². The molecule has 2 aliphatic heterocycles. The molecule has 2 amide bonds. The largest absolute Gasteiger partial charge is 0.378 e. The van der Waals surface area contributed by atoms with Crippen LogP contribution < -0.4 is 5.32 Å². The Labute approximate surface area is 169 Å². The van der Waals surface area contributed by atoms with Gasteiger partial charge < -0.3 is 19.9 Å². The van der Waals surface area contributed by atoms with E-state index in [1.165, 1.54) is 12.1 Å². The van der Waals surface area contributed by atoms with Crippen molar-refractivity contribution < 1.29 is 23.1 Å². The summed E-state index contributed by atoms with van der Waals surface area (Å²) in [5.74, 6) is -1.22. The summed E-state index contributed by atoms with van der Waals surface area (Å²) in [4.78, 5) is 30.4. The maximum atomic E-state index is 13.8. The van der Waals surface area contributed by atoms with E-state index in [2.05, 4.69) is 10.2 Å². The number of morpholine rings is 1. The quantitative estimate of drug-likeness (QED) is 0.745. The first-order valence-electron chi connectivity index (χ1n) is 9.98. The number of hydrogen-bond acceptors (Lipinski definition) is 5. The molecule has 0 aliphatic carbocycles. The van der Waals surface area contributed by atoms with Crippen LogP contribution in [-0.4, -0.2) is 92.1 Å². The van der Waals surface area contributed by atoms with Gasteiger partial charge in [-0.1, -0.05) is 6.07 Å². The normalized spacial score (nSPS) is 19.3. The minimum absolute atomic E-state index is 0.0708. The fourth-order valence-corrected chi connectivity index (χ4v) is 3.57. The molecule has 7 nitrogen and oxygen atoms in total. The molecule has 2 heterocycles. The van der Waals surface area contributed by atoms with Crippen molar-refractivity contribution in [1.29, 1.82) is 0 Å². The monoisotopic (exact) mass is 410 g/mol. The van der Waals surface area contributed by atoms with E-state index < -0.39 is 17.7 Å². The minimum atomic E-state index is -0.629. The number of nitrogens with one attached hydrogen (secondary N) is 1. The number of rotatable bonds is 6. The number of amides is 2. The average Bonchev–Trinajstić information content (AvgIpc) is 2.73. The predicted octanol–water partition coefficient (Wildman–Crippen LogP) is 0.618. The standard InChI is InChI=1S/C20H28F2N4O3/c1-15(17-3-2-16(21)12-18(17)22)23-13-19(27)25-6-4-24(5-7-25)14-20(28)26-8-10-29-11-9-26/h2-3,12,15,23H,4-11,13-14H2,1H3. The molecule has 9 heteroatoms. The van der Waals surface area contributed by atoms with E-state index in [0.29, 0.717) is 64.6 Å². The van der Waals surface area contributed by atoms with E-state index in [4.69, 9.17) is 4.74 Å². The third kappa shape index (κ3) is 5.94. The van der Waals surface area contributed by atoms with Gasteiger partial charge in [-0.25, -0.2) is 8.78 Å². The summed E-state index contributed by atoms with van der Waals surface area (Å²) >= 11 is 0. The number of hydrogen-bond donors (Lipinski definition) is 1. The van der Waals surface area contributed by atoms with E-state index in [1.54, 1.807) is 11.8 Å². The summed E-state index contributed by atoms with van der Waals surface area (Å²) in [6, 6.07) is 3.02. The van der Waals surface area contributed by atoms with Crippen LogP contribution in [0.4, 0.5) is 8.78 Å². The van der Waals surface area contributed by atoms with Gasteiger partial charge in [0.15, 0.2) is 0 Å². The zero-order chi connectivity index (χ0) is 20.8. The second-order valence-electron chi connectivity index (χ2n) is 7.42. The Hall–Kier alpha value is -2.10. The van der Waals surface area contributed by atoms with Crippen molar-refractivity contribution in [2.75, 3.05) is 65.6 Å². The summed E-state index contributed by atoms with van der Waals surface area (Å²) < 4.78 is 32.1. The second-order valence-corrected chi connectivity index (χ2v) is 7.42. The summed E-state index contributed by atoms with van der Waals surface area (Å²) in [6.45, 7) is 7.00. The van der Waals surface area contributed by atoms with Crippen LogP contribution >= 0.6 is 0 Å².